The Labute approximate surface area is 214 Å². The number of rotatable bonds is 7. The molecule has 0 aliphatic heterocycles. The van der Waals surface area contributed by atoms with Gasteiger partial charge in [0.25, 0.3) is 5.91 Å². The number of nitrogens with one attached hydrogen (secondary N) is 1. The summed E-state index contributed by atoms with van der Waals surface area (Å²) in [5, 5.41) is 7.62. The molecule has 5 rings (SSSR count). The first-order chi connectivity index (χ1) is 17.8. The Morgan fingerprint density at radius 3 is 2.73 bits per heavy atom. The van der Waals surface area contributed by atoms with Crippen LogP contribution in [0.25, 0.3) is 21.5 Å². The number of aryl methyl sites for hydroxylation is 2. The zero-order chi connectivity index (χ0) is 26.1. The molecular formula is C26H21FN6O3S. The quantitative estimate of drug-likeness (QED) is 0.325. The van der Waals surface area contributed by atoms with Crippen molar-refractivity contribution < 1.29 is 18.7 Å². The van der Waals surface area contributed by atoms with Crippen LogP contribution in [0.5, 0.6) is 11.6 Å². The highest BCUT2D eigenvalue weighted by atomic mass is 32.1. The maximum Gasteiger partial charge on any atom is 0.254 e. The molecule has 37 heavy (non-hydrogen) atoms. The molecule has 2 amide bonds. The van der Waals surface area contributed by atoms with Crippen molar-refractivity contribution in [2.24, 2.45) is 12.8 Å². The number of nitrogens with two attached hydrogens (primary N) is 1. The molecule has 0 spiro atoms. The van der Waals surface area contributed by atoms with E-state index in [9.17, 15) is 14.0 Å². The van der Waals surface area contributed by atoms with Crippen molar-refractivity contribution in [3.05, 3.63) is 83.4 Å². The van der Waals surface area contributed by atoms with Crippen LogP contribution >= 0.6 is 11.3 Å². The van der Waals surface area contributed by atoms with E-state index in [-0.39, 0.29) is 29.5 Å². The number of primary amides is 1. The van der Waals surface area contributed by atoms with Gasteiger partial charge in [0, 0.05) is 18.8 Å². The highest BCUT2D eigenvalue weighted by molar-refractivity contribution is 7.22. The van der Waals surface area contributed by atoms with Crippen LogP contribution in [0.1, 0.15) is 21.6 Å². The lowest BCUT2D eigenvalue weighted by atomic mass is 10.1. The molecule has 0 radical (unpaired) electrons. The predicted molar refractivity (Wildman–Crippen MR) is 138 cm³/mol. The Bertz CT molecular complexity index is 1660. The standard InChI is InChI=1S/C26H21FN6O3S/c1-14-10-20(33(2)32-14)16-6-8-22-19(13-16)30-26(37-22)31-23(34)12-15-5-7-21(18(27)11-15)36-25-17(24(28)35)4-3-9-29-25/h3-11,13H,12H2,1-2H3,(H2,28,35)(H,30,31,34). The number of aromatic nitrogens is 4. The van der Waals surface area contributed by atoms with Gasteiger partial charge < -0.3 is 15.8 Å². The van der Waals surface area contributed by atoms with Gasteiger partial charge in [-0.3, -0.25) is 14.3 Å². The number of anilines is 1. The third-order valence-electron chi connectivity index (χ3n) is 5.54. The second kappa shape index (κ2) is 9.78. The van der Waals surface area contributed by atoms with Gasteiger partial charge in [0.2, 0.25) is 11.8 Å². The number of nitrogens with zero attached hydrogens (tertiary/aromatic N) is 4. The lowest BCUT2D eigenvalue weighted by molar-refractivity contribution is -0.115. The SMILES string of the molecule is Cc1cc(-c2ccc3sc(NC(=O)Cc4ccc(Oc5ncccc5C(N)=O)c(F)c4)nc3c2)n(C)n1. The molecule has 186 valence electrons. The van der Waals surface area contributed by atoms with Gasteiger partial charge in [0.1, 0.15) is 5.56 Å². The Kier molecular flexibility index (Phi) is 6.36. The Balaban J connectivity index is 1.27. The predicted octanol–water partition coefficient (Wildman–Crippen LogP) is 4.61. The van der Waals surface area contributed by atoms with Gasteiger partial charge in [0.05, 0.1) is 28.0 Å². The van der Waals surface area contributed by atoms with Gasteiger partial charge in [0.15, 0.2) is 16.7 Å². The van der Waals surface area contributed by atoms with Gasteiger partial charge in [-0.25, -0.2) is 14.4 Å². The molecule has 2 aromatic carbocycles. The summed E-state index contributed by atoms with van der Waals surface area (Å²) >= 11 is 1.36. The molecule has 0 atom stereocenters. The zero-order valence-corrected chi connectivity index (χ0v) is 20.7. The molecule has 0 unspecified atom stereocenters. The average molecular weight is 517 g/mol. The van der Waals surface area contributed by atoms with Crippen molar-refractivity contribution in [1.82, 2.24) is 19.7 Å². The second-order valence-corrected chi connectivity index (χ2v) is 9.34. The van der Waals surface area contributed by atoms with Gasteiger partial charge >= 0.3 is 0 Å². The van der Waals surface area contributed by atoms with Crippen molar-refractivity contribution in [3.8, 4) is 22.9 Å². The first-order valence-electron chi connectivity index (χ1n) is 11.2. The fourth-order valence-electron chi connectivity index (χ4n) is 3.87. The van der Waals surface area contributed by atoms with Crippen LogP contribution in [0.3, 0.4) is 0 Å². The Morgan fingerprint density at radius 1 is 1.16 bits per heavy atom. The zero-order valence-electron chi connectivity index (χ0n) is 19.9. The van der Waals surface area contributed by atoms with Gasteiger partial charge in [-0.15, -0.1) is 0 Å². The number of fused-ring (bicyclic) bond motifs is 1. The highest BCUT2D eigenvalue weighted by Crippen LogP contribution is 2.31. The summed E-state index contributed by atoms with van der Waals surface area (Å²) in [5.74, 6) is -2.03. The number of carbonyl (C=O) groups excluding carboxylic acids is 2. The maximum atomic E-state index is 14.7. The van der Waals surface area contributed by atoms with E-state index in [1.54, 1.807) is 6.07 Å². The fourth-order valence-corrected chi connectivity index (χ4v) is 4.73. The fraction of sp³-hybridized carbons (Fsp3) is 0.115. The molecule has 11 heteroatoms. The van der Waals surface area contributed by atoms with Crippen molar-refractivity contribution in [2.75, 3.05) is 5.32 Å². The summed E-state index contributed by atoms with van der Waals surface area (Å²) in [6.45, 7) is 1.94. The van der Waals surface area contributed by atoms with E-state index in [2.05, 4.69) is 20.4 Å². The normalized spacial score (nSPS) is 11.0. The summed E-state index contributed by atoms with van der Waals surface area (Å²) in [6.07, 6.45) is 1.34. The molecule has 9 nitrogen and oxygen atoms in total. The van der Waals surface area contributed by atoms with Crippen LogP contribution < -0.4 is 15.8 Å². The summed E-state index contributed by atoms with van der Waals surface area (Å²) in [6, 6.07) is 15.0. The molecule has 0 aliphatic carbocycles. The summed E-state index contributed by atoms with van der Waals surface area (Å²) < 4.78 is 22.9. The number of pyridine rings is 1. The minimum atomic E-state index is -0.741. The van der Waals surface area contributed by atoms with Crippen molar-refractivity contribution in [3.63, 3.8) is 0 Å². The lowest BCUT2D eigenvalue weighted by Gasteiger charge is -2.09. The van der Waals surface area contributed by atoms with E-state index in [1.165, 1.54) is 41.8 Å². The summed E-state index contributed by atoms with van der Waals surface area (Å²) in [7, 11) is 1.89. The number of amides is 2. The number of hydrogen-bond donors (Lipinski definition) is 2. The second-order valence-electron chi connectivity index (χ2n) is 8.31. The summed E-state index contributed by atoms with van der Waals surface area (Å²) in [4.78, 5) is 32.6. The van der Waals surface area contributed by atoms with Crippen LogP contribution in [-0.4, -0.2) is 31.6 Å². The minimum Gasteiger partial charge on any atom is -0.435 e. The highest BCUT2D eigenvalue weighted by Gasteiger charge is 2.16. The third kappa shape index (κ3) is 5.16. The molecule has 0 bridgehead atoms. The third-order valence-corrected chi connectivity index (χ3v) is 6.49. The topological polar surface area (TPSA) is 125 Å². The van der Waals surface area contributed by atoms with Crippen molar-refractivity contribution in [2.45, 2.75) is 13.3 Å². The van der Waals surface area contributed by atoms with Crippen molar-refractivity contribution >= 4 is 38.5 Å². The van der Waals surface area contributed by atoms with Gasteiger partial charge in [-0.1, -0.05) is 23.5 Å². The van der Waals surface area contributed by atoms with Crippen LogP contribution in [0.4, 0.5) is 9.52 Å². The van der Waals surface area contributed by atoms with E-state index < -0.39 is 11.7 Å². The summed E-state index contributed by atoms with van der Waals surface area (Å²) in [5.41, 5.74) is 9.41. The van der Waals surface area contributed by atoms with Crippen LogP contribution in [-0.2, 0) is 18.3 Å². The number of halogens is 1. The van der Waals surface area contributed by atoms with Gasteiger partial charge in [-0.05, 0) is 55.0 Å². The number of benzene rings is 2. The van der Waals surface area contributed by atoms with Crippen LogP contribution in [0.2, 0.25) is 0 Å². The monoisotopic (exact) mass is 516 g/mol. The molecule has 3 aromatic heterocycles. The number of thiazole rings is 1. The largest absolute Gasteiger partial charge is 0.435 e. The molecular weight excluding hydrogens is 495 g/mol. The minimum absolute atomic E-state index is 0.0312. The number of ether oxygens (including phenoxy) is 1. The first-order valence-corrected chi connectivity index (χ1v) is 12.0. The van der Waals surface area contributed by atoms with E-state index >= 15 is 0 Å². The van der Waals surface area contributed by atoms with Crippen LogP contribution in [0, 0.1) is 12.7 Å². The first kappa shape index (κ1) is 24.1. The molecule has 3 heterocycles. The van der Waals surface area contributed by atoms with Crippen LogP contribution in [0.15, 0.2) is 60.8 Å². The molecule has 5 aromatic rings. The lowest BCUT2D eigenvalue weighted by Crippen LogP contribution is -2.14. The average Bonchev–Trinajstić information content (AvgIpc) is 3.41. The Morgan fingerprint density at radius 2 is 2.00 bits per heavy atom. The van der Waals surface area contributed by atoms with E-state index in [1.807, 2.05) is 42.9 Å². The van der Waals surface area contributed by atoms with Crippen molar-refractivity contribution in [1.29, 1.82) is 0 Å². The number of hydrogen-bond acceptors (Lipinski definition) is 7. The number of carbonyl (C=O) groups is 2. The van der Waals surface area contributed by atoms with E-state index in [0.717, 1.165) is 27.2 Å². The molecule has 0 aliphatic rings. The molecule has 3 N–H and O–H groups in total. The molecule has 0 saturated heterocycles. The molecule has 0 fully saturated rings. The van der Waals surface area contributed by atoms with E-state index in [4.69, 9.17) is 10.5 Å². The van der Waals surface area contributed by atoms with E-state index in [0.29, 0.717) is 10.7 Å². The smallest absolute Gasteiger partial charge is 0.254 e. The van der Waals surface area contributed by atoms with Gasteiger partial charge in [-0.2, -0.15) is 5.10 Å². The Hall–Kier alpha value is -4.64. The maximum absolute atomic E-state index is 14.7. The molecule has 0 saturated carbocycles.